The predicted octanol–water partition coefficient (Wildman–Crippen LogP) is 3.63. The topological polar surface area (TPSA) is 31.9 Å². The van der Waals surface area contributed by atoms with Crippen molar-refractivity contribution in [3.05, 3.63) is 29.6 Å². The molecule has 0 amide bonds. The Bertz CT molecular complexity index is 576. The SMILES string of the molecule is CC1CCN(C(C)c2nc3cc(F)c(F)cc3[nH]2)CC1. The minimum atomic E-state index is -0.852. The van der Waals surface area contributed by atoms with Crippen LogP contribution in [-0.2, 0) is 0 Å². The third-order valence-corrected chi connectivity index (χ3v) is 4.30. The van der Waals surface area contributed by atoms with Gasteiger partial charge in [-0.05, 0) is 38.8 Å². The maximum absolute atomic E-state index is 13.2. The summed E-state index contributed by atoms with van der Waals surface area (Å²) in [5.74, 6) is -0.140. The van der Waals surface area contributed by atoms with Crippen molar-refractivity contribution in [2.75, 3.05) is 13.1 Å². The lowest BCUT2D eigenvalue weighted by Gasteiger charge is -2.33. The van der Waals surface area contributed by atoms with Gasteiger partial charge in [-0.15, -0.1) is 0 Å². The highest BCUT2D eigenvalue weighted by Crippen LogP contribution is 2.26. The molecule has 1 aliphatic heterocycles. The average molecular weight is 279 g/mol. The van der Waals surface area contributed by atoms with Crippen molar-refractivity contribution in [1.29, 1.82) is 0 Å². The smallest absolute Gasteiger partial charge is 0.161 e. The van der Waals surface area contributed by atoms with Crippen LogP contribution in [0.1, 0.15) is 38.6 Å². The van der Waals surface area contributed by atoms with E-state index in [2.05, 4.69) is 28.7 Å². The summed E-state index contributed by atoms with van der Waals surface area (Å²) < 4.78 is 26.4. The maximum Gasteiger partial charge on any atom is 0.161 e. The summed E-state index contributed by atoms with van der Waals surface area (Å²) in [6.45, 7) is 6.44. The second-order valence-electron chi connectivity index (χ2n) is 5.80. The van der Waals surface area contributed by atoms with Crippen LogP contribution in [0.3, 0.4) is 0 Å². The van der Waals surface area contributed by atoms with Crippen LogP contribution < -0.4 is 0 Å². The fourth-order valence-corrected chi connectivity index (χ4v) is 2.81. The molecule has 3 nitrogen and oxygen atoms in total. The zero-order valence-corrected chi connectivity index (χ0v) is 11.8. The van der Waals surface area contributed by atoms with Crippen molar-refractivity contribution in [3.8, 4) is 0 Å². The first kappa shape index (κ1) is 13.5. The number of halogens is 2. The number of rotatable bonds is 2. The summed E-state index contributed by atoms with van der Waals surface area (Å²) >= 11 is 0. The summed E-state index contributed by atoms with van der Waals surface area (Å²) in [5, 5.41) is 0. The molecule has 108 valence electrons. The van der Waals surface area contributed by atoms with Gasteiger partial charge in [0.05, 0.1) is 17.1 Å². The molecule has 0 saturated carbocycles. The number of hydrogen-bond acceptors (Lipinski definition) is 2. The molecular formula is C15H19F2N3. The van der Waals surface area contributed by atoms with Crippen molar-refractivity contribution in [2.24, 2.45) is 5.92 Å². The van der Waals surface area contributed by atoms with E-state index in [1.54, 1.807) is 0 Å². The summed E-state index contributed by atoms with van der Waals surface area (Å²) in [7, 11) is 0. The van der Waals surface area contributed by atoms with Crippen molar-refractivity contribution in [2.45, 2.75) is 32.7 Å². The zero-order valence-electron chi connectivity index (χ0n) is 11.8. The molecular weight excluding hydrogens is 260 g/mol. The number of hydrogen-bond donors (Lipinski definition) is 1. The number of nitrogens with one attached hydrogen (secondary N) is 1. The van der Waals surface area contributed by atoms with Gasteiger partial charge in [0.15, 0.2) is 11.6 Å². The van der Waals surface area contributed by atoms with Gasteiger partial charge in [-0.3, -0.25) is 4.90 Å². The molecule has 1 aromatic carbocycles. The Labute approximate surface area is 117 Å². The molecule has 1 aliphatic rings. The van der Waals surface area contributed by atoms with E-state index in [1.165, 1.54) is 18.9 Å². The Hall–Kier alpha value is -1.49. The standard InChI is InChI=1S/C15H19F2N3/c1-9-3-5-20(6-4-9)10(2)15-18-13-7-11(16)12(17)8-14(13)19-15/h7-10H,3-6H2,1-2H3,(H,18,19). The molecule has 2 aromatic rings. The van der Waals surface area contributed by atoms with E-state index in [9.17, 15) is 8.78 Å². The molecule has 0 aliphatic carbocycles. The number of fused-ring (bicyclic) bond motifs is 1. The van der Waals surface area contributed by atoms with E-state index < -0.39 is 11.6 Å². The minimum absolute atomic E-state index is 0.140. The van der Waals surface area contributed by atoms with Gasteiger partial charge >= 0.3 is 0 Å². The van der Waals surface area contributed by atoms with Gasteiger partial charge in [-0.2, -0.15) is 0 Å². The summed E-state index contributed by atoms with van der Waals surface area (Å²) in [6.07, 6.45) is 2.38. The highest BCUT2D eigenvalue weighted by atomic mass is 19.2. The lowest BCUT2D eigenvalue weighted by molar-refractivity contribution is 0.143. The Balaban J connectivity index is 1.86. The van der Waals surface area contributed by atoms with Crippen molar-refractivity contribution in [1.82, 2.24) is 14.9 Å². The van der Waals surface area contributed by atoms with Gasteiger partial charge in [-0.25, -0.2) is 13.8 Å². The number of piperidine rings is 1. The fourth-order valence-electron chi connectivity index (χ4n) is 2.81. The first-order valence-corrected chi connectivity index (χ1v) is 7.13. The molecule has 1 N–H and O–H groups in total. The average Bonchev–Trinajstić information content (AvgIpc) is 2.82. The Kier molecular flexibility index (Phi) is 3.46. The van der Waals surface area contributed by atoms with E-state index >= 15 is 0 Å². The maximum atomic E-state index is 13.2. The quantitative estimate of drug-likeness (QED) is 0.910. The number of nitrogens with zero attached hydrogens (tertiary/aromatic N) is 2. The van der Waals surface area contributed by atoms with Gasteiger partial charge in [0.1, 0.15) is 5.82 Å². The molecule has 5 heteroatoms. The van der Waals surface area contributed by atoms with Crippen molar-refractivity contribution in [3.63, 3.8) is 0 Å². The number of benzene rings is 1. The van der Waals surface area contributed by atoms with Crippen LogP contribution in [0.15, 0.2) is 12.1 Å². The molecule has 1 fully saturated rings. The second-order valence-corrected chi connectivity index (χ2v) is 5.80. The molecule has 1 saturated heterocycles. The van der Waals surface area contributed by atoms with Gasteiger partial charge in [0.2, 0.25) is 0 Å². The predicted molar refractivity (Wildman–Crippen MR) is 74.4 cm³/mol. The first-order valence-electron chi connectivity index (χ1n) is 7.13. The summed E-state index contributed by atoms with van der Waals surface area (Å²) in [4.78, 5) is 9.88. The number of aromatic amines is 1. The summed E-state index contributed by atoms with van der Waals surface area (Å²) in [6, 6.07) is 2.46. The van der Waals surface area contributed by atoms with E-state index in [-0.39, 0.29) is 6.04 Å². The molecule has 1 unspecified atom stereocenters. The minimum Gasteiger partial charge on any atom is -0.341 e. The fraction of sp³-hybridized carbons (Fsp3) is 0.533. The van der Waals surface area contributed by atoms with Crippen LogP contribution in [0.25, 0.3) is 11.0 Å². The van der Waals surface area contributed by atoms with E-state index in [1.807, 2.05) is 0 Å². The van der Waals surface area contributed by atoms with Crippen LogP contribution in [0.5, 0.6) is 0 Å². The first-order chi connectivity index (χ1) is 9.54. The highest BCUT2D eigenvalue weighted by Gasteiger charge is 2.23. The molecule has 0 bridgehead atoms. The van der Waals surface area contributed by atoms with E-state index in [0.717, 1.165) is 30.9 Å². The van der Waals surface area contributed by atoms with Gasteiger partial charge in [0, 0.05) is 12.1 Å². The molecule has 20 heavy (non-hydrogen) atoms. The number of H-pyrrole nitrogens is 1. The molecule has 1 atom stereocenters. The normalized spacial score (nSPS) is 19.6. The lowest BCUT2D eigenvalue weighted by atomic mass is 9.98. The van der Waals surface area contributed by atoms with Gasteiger partial charge < -0.3 is 4.98 Å². The molecule has 3 rings (SSSR count). The third-order valence-electron chi connectivity index (χ3n) is 4.30. The van der Waals surface area contributed by atoms with Crippen LogP contribution in [0.4, 0.5) is 8.78 Å². The molecule has 0 spiro atoms. The molecule has 1 aromatic heterocycles. The Morgan fingerprint density at radius 3 is 2.60 bits per heavy atom. The van der Waals surface area contributed by atoms with Crippen LogP contribution >= 0.6 is 0 Å². The zero-order chi connectivity index (χ0) is 14.3. The second kappa shape index (κ2) is 5.13. The van der Waals surface area contributed by atoms with Crippen LogP contribution in [0.2, 0.25) is 0 Å². The van der Waals surface area contributed by atoms with Gasteiger partial charge in [-0.1, -0.05) is 6.92 Å². The van der Waals surface area contributed by atoms with Gasteiger partial charge in [0.25, 0.3) is 0 Å². The Morgan fingerprint density at radius 1 is 1.25 bits per heavy atom. The molecule has 2 heterocycles. The van der Waals surface area contributed by atoms with E-state index in [0.29, 0.717) is 11.0 Å². The largest absolute Gasteiger partial charge is 0.341 e. The van der Waals surface area contributed by atoms with Crippen LogP contribution in [0, 0.1) is 17.6 Å². The Morgan fingerprint density at radius 2 is 1.90 bits per heavy atom. The third kappa shape index (κ3) is 2.42. The number of aromatic nitrogens is 2. The summed E-state index contributed by atoms with van der Waals surface area (Å²) in [5.41, 5.74) is 1.03. The lowest BCUT2D eigenvalue weighted by Crippen LogP contribution is -2.35. The highest BCUT2D eigenvalue weighted by molar-refractivity contribution is 5.75. The van der Waals surface area contributed by atoms with Crippen LogP contribution in [-0.4, -0.2) is 28.0 Å². The monoisotopic (exact) mass is 279 g/mol. The number of imidazole rings is 1. The molecule has 0 radical (unpaired) electrons. The van der Waals surface area contributed by atoms with Crippen molar-refractivity contribution < 1.29 is 8.78 Å². The van der Waals surface area contributed by atoms with Crippen molar-refractivity contribution >= 4 is 11.0 Å². The number of likely N-dealkylation sites (tertiary alicyclic amines) is 1. The van der Waals surface area contributed by atoms with E-state index in [4.69, 9.17) is 0 Å².